The molecule has 0 N–H and O–H groups in total. The van der Waals surface area contributed by atoms with Crippen LogP contribution in [0.5, 0.6) is 0 Å². The molecule has 9 heteroatoms. The monoisotopic (exact) mass is 485 g/mol. The quantitative estimate of drug-likeness (QED) is 0.517. The van der Waals surface area contributed by atoms with Crippen LogP contribution in [0.25, 0.3) is 0 Å². The molecule has 0 unspecified atom stereocenters. The molecule has 1 fully saturated rings. The van der Waals surface area contributed by atoms with Gasteiger partial charge in [-0.15, -0.1) is 11.3 Å². The average Bonchev–Trinajstić information content (AvgIpc) is 3.29. The smallest absolute Gasteiger partial charge is 0.341 e. The number of thiazole rings is 1. The van der Waals surface area contributed by atoms with Gasteiger partial charge in [0.05, 0.1) is 10.6 Å². The molecule has 0 radical (unpaired) electrons. The summed E-state index contributed by atoms with van der Waals surface area (Å²) in [5.41, 5.74) is 0.290. The van der Waals surface area contributed by atoms with E-state index in [0.29, 0.717) is 38.5 Å². The molecule has 34 heavy (non-hydrogen) atoms. The number of piperidine rings is 1. The van der Waals surface area contributed by atoms with Gasteiger partial charge in [0.1, 0.15) is 12.2 Å². The molecule has 3 heterocycles. The SMILES string of the molecule is O=C(Cn1cc(C(F)(F)F)ccc1=O)N1CCC(c2nc(C#CCc3ccccc3)cs2)CC1. The van der Waals surface area contributed by atoms with E-state index in [-0.39, 0.29) is 11.8 Å². The van der Waals surface area contributed by atoms with E-state index in [4.69, 9.17) is 0 Å². The number of carbonyl (C=O) groups excluding carboxylic acids is 1. The lowest BCUT2D eigenvalue weighted by Crippen LogP contribution is -2.41. The molecule has 0 saturated carbocycles. The van der Waals surface area contributed by atoms with E-state index in [1.54, 1.807) is 16.2 Å². The molecule has 1 saturated heterocycles. The summed E-state index contributed by atoms with van der Waals surface area (Å²) in [6, 6.07) is 11.5. The minimum Gasteiger partial charge on any atom is -0.341 e. The Morgan fingerprint density at radius 2 is 1.85 bits per heavy atom. The summed E-state index contributed by atoms with van der Waals surface area (Å²) in [4.78, 5) is 30.8. The minimum absolute atomic E-state index is 0.204. The fourth-order valence-electron chi connectivity index (χ4n) is 3.81. The maximum atomic E-state index is 12.9. The predicted molar refractivity (Wildman–Crippen MR) is 123 cm³/mol. The largest absolute Gasteiger partial charge is 0.417 e. The van der Waals surface area contributed by atoms with Crippen molar-refractivity contribution >= 4 is 17.2 Å². The number of benzene rings is 1. The van der Waals surface area contributed by atoms with Crippen molar-refractivity contribution in [3.05, 3.63) is 86.2 Å². The van der Waals surface area contributed by atoms with Crippen molar-refractivity contribution in [1.82, 2.24) is 14.5 Å². The Balaban J connectivity index is 1.32. The molecule has 2 aromatic heterocycles. The molecule has 0 aliphatic carbocycles. The molecule has 3 aromatic rings. The Morgan fingerprint density at radius 3 is 2.56 bits per heavy atom. The molecule has 0 bridgehead atoms. The molecule has 0 spiro atoms. The summed E-state index contributed by atoms with van der Waals surface area (Å²) in [6.07, 6.45) is -1.82. The van der Waals surface area contributed by atoms with Gasteiger partial charge in [-0.2, -0.15) is 13.2 Å². The van der Waals surface area contributed by atoms with Gasteiger partial charge in [-0.1, -0.05) is 36.3 Å². The topological polar surface area (TPSA) is 55.2 Å². The first-order chi connectivity index (χ1) is 16.3. The van der Waals surface area contributed by atoms with Gasteiger partial charge >= 0.3 is 6.18 Å². The highest BCUT2D eigenvalue weighted by Gasteiger charge is 2.31. The van der Waals surface area contributed by atoms with Crippen LogP contribution in [0.15, 0.2) is 58.8 Å². The van der Waals surface area contributed by atoms with E-state index < -0.39 is 23.8 Å². The number of hydrogen-bond acceptors (Lipinski definition) is 4. The van der Waals surface area contributed by atoms with Crippen molar-refractivity contribution in [2.45, 2.75) is 37.9 Å². The van der Waals surface area contributed by atoms with Crippen LogP contribution in [0.2, 0.25) is 0 Å². The predicted octanol–water partition coefficient (Wildman–Crippen LogP) is 4.32. The number of carbonyl (C=O) groups is 1. The highest BCUT2D eigenvalue weighted by Crippen LogP contribution is 2.31. The van der Waals surface area contributed by atoms with Crippen LogP contribution >= 0.6 is 11.3 Å². The third kappa shape index (κ3) is 5.94. The number of pyridine rings is 1. The summed E-state index contributed by atoms with van der Waals surface area (Å²) in [5.74, 6) is 6.07. The van der Waals surface area contributed by atoms with Crippen LogP contribution in [-0.2, 0) is 23.9 Å². The van der Waals surface area contributed by atoms with Crippen LogP contribution in [0.3, 0.4) is 0 Å². The van der Waals surface area contributed by atoms with Gasteiger partial charge in [-0.25, -0.2) is 4.98 Å². The van der Waals surface area contributed by atoms with Crippen LogP contribution in [-0.4, -0.2) is 33.4 Å². The first-order valence-corrected chi connectivity index (χ1v) is 11.7. The molecular weight excluding hydrogens is 463 g/mol. The standard InChI is InChI=1S/C25H22F3N3O2S/c26-25(27,28)20-9-10-22(32)31(15-20)16-23(33)30-13-11-19(12-14-30)24-29-21(17-34-24)8-4-7-18-5-2-1-3-6-18/h1-3,5-6,9-10,15,17,19H,7,11-14,16H2. The van der Waals surface area contributed by atoms with Gasteiger partial charge < -0.3 is 9.47 Å². The van der Waals surface area contributed by atoms with Gasteiger partial charge in [0, 0.05) is 43.1 Å². The van der Waals surface area contributed by atoms with Crippen molar-refractivity contribution in [3.8, 4) is 11.8 Å². The second-order valence-corrected chi connectivity index (χ2v) is 8.96. The number of halogens is 3. The number of amides is 1. The lowest BCUT2D eigenvalue weighted by Gasteiger charge is -2.31. The van der Waals surface area contributed by atoms with Crippen LogP contribution in [0.1, 0.15) is 40.6 Å². The maximum absolute atomic E-state index is 12.9. The molecule has 1 aliphatic heterocycles. The Hall–Kier alpha value is -3.38. The summed E-state index contributed by atoms with van der Waals surface area (Å²) in [5, 5.41) is 2.91. The number of alkyl halides is 3. The number of rotatable bonds is 4. The highest BCUT2D eigenvalue weighted by atomic mass is 32.1. The summed E-state index contributed by atoms with van der Waals surface area (Å²) in [6.45, 7) is 0.517. The van der Waals surface area contributed by atoms with Gasteiger partial charge in [0.25, 0.3) is 5.56 Å². The van der Waals surface area contributed by atoms with Crippen molar-refractivity contribution in [2.24, 2.45) is 0 Å². The number of aromatic nitrogens is 2. The van der Waals surface area contributed by atoms with Crippen LogP contribution in [0, 0.1) is 11.8 Å². The number of hydrogen-bond donors (Lipinski definition) is 0. The molecule has 1 aliphatic rings. The molecular formula is C25H22F3N3O2S. The first-order valence-electron chi connectivity index (χ1n) is 10.8. The zero-order chi connectivity index (χ0) is 24.1. The summed E-state index contributed by atoms with van der Waals surface area (Å²) < 4.78 is 39.6. The molecule has 176 valence electrons. The zero-order valence-corrected chi connectivity index (χ0v) is 19.0. The van der Waals surface area contributed by atoms with E-state index in [9.17, 15) is 22.8 Å². The van der Waals surface area contributed by atoms with Gasteiger partial charge in [0.15, 0.2) is 0 Å². The fraction of sp³-hybridized carbons (Fsp3) is 0.320. The van der Waals surface area contributed by atoms with E-state index in [1.807, 2.05) is 35.7 Å². The molecule has 1 amide bonds. The van der Waals surface area contributed by atoms with Gasteiger partial charge in [-0.05, 0) is 30.4 Å². The van der Waals surface area contributed by atoms with Gasteiger partial charge in [-0.3, -0.25) is 9.59 Å². The van der Waals surface area contributed by atoms with Crippen molar-refractivity contribution in [2.75, 3.05) is 13.1 Å². The maximum Gasteiger partial charge on any atom is 0.417 e. The second-order valence-electron chi connectivity index (χ2n) is 8.07. The number of likely N-dealkylation sites (tertiary alicyclic amines) is 1. The fourth-order valence-corrected chi connectivity index (χ4v) is 4.73. The van der Waals surface area contributed by atoms with E-state index in [1.165, 1.54) is 0 Å². The molecule has 0 atom stereocenters. The Bertz CT molecular complexity index is 1260. The summed E-state index contributed by atoms with van der Waals surface area (Å²) in [7, 11) is 0. The van der Waals surface area contributed by atoms with E-state index in [0.717, 1.165) is 33.0 Å². The Morgan fingerprint density at radius 1 is 1.12 bits per heavy atom. The molecule has 5 nitrogen and oxygen atoms in total. The van der Waals surface area contributed by atoms with Crippen LogP contribution in [0.4, 0.5) is 13.2 Å². The van der Waals surface area contributed by atoms with Crippen molar-refractivity contribution < 1.29 is 18.0 Å². The first kappa shape index (κ1) is 23.8. The van der Waals surface area contributed by atoms with Crippen molar-refractivity contribution in [3.63, 3.8) is 0 Å². The minimum atomic E-state index is -4.57. The van der Waals surface area contributed by atoms with Crippen molar-refractivity contribution in [1.29, 1.82) is 0 Å². The second kappa shape index (κ2) is 10.3. The van der Waals surface area contributed by atoms with Gasteiger partial charge in [0.2, 0.25) is 5.91 Å². The third-order valence-corrected chi connectivity index (χ3v) is 6.69. The Labute approximate surface area is 198 Å². The average molecular weight is 486 g/mol. The third-order valence-electron chi connectivity index (χ3n) is 5.69. The molecule has 1 aromatic carbocycles. The lowest BCUT2D eigenvalue weighted by molar-refractivity contribution is -0.139. The number of nitrogens with zero attached hydrogens (tertiary/aromatic N) is 3. The Kier molecular flexibility index (Phi) is 7.17. The zero-order valence-electron chi connectivity index (χ0n) is 18.2. The molecule has 4 rings (SSSR count). The lowest BCUT2D eigenvalue weighted by atomic mass is 9.97. The van der Waals surface area contributed by atoms with E-state index >= 15 is 0 Å². The summed E-state index contributed by atoms with van der Waals surface area (Å²) >= 11 is 1.55. The normalized spacial score (nSPS) is 14.5. The van der Waals surface area contributed by atoms with E-state index in [2.05, 4.69) is 16.8 Å². The van der Waals surface area contributed by atoms with Crippen LogP contribution < -0.4 is 5.56 Å². The highest BCUT2D eigenvalue weighted by molar-refractivity contribution is 7.09.